The lowest BCUT2D eigenvalue weighted by Crippen LogP contribution is -2.14. The molecule has 28 heavy (non-hydrogen) atoms. The topological polar surface area (TPSA) is 53.4 Å². The van der Waals surface area contributed by atoms with Crippen molar-refractivity contribution in [1.82, 2.24) is 15.0 Å². The quantitative estimate of drug-likeness (QED) is 0.780. The highest BCUT2D eigenvalue weighted by atomic mass is 19.4. The molecule has 0 spiro atoms. The number of aromatic nitrogens is 2. The van der Waals surface area contributed by atoms with Gasteiger partial charge < -0.3 is 5.32 Å². The number of hydrogen-bond donors (Lipinski definition) is 1. The number of anilines is 1. The Kier molecular flexibility index (Phi) is 5.18. The van der Waals surface area contributed by atoms with E-state index in [9.17, 15) is 26.3 Å². The number of nitrogens with one attached hydrogen (secondary N) is 1. The van der Waals surface area contributed by atoms with Crippen molar-refractivity contribution >= 4 is 12.2 Å². The third-order valence-corrected chi connectivity index (χ3v) is 4.10. The van der Waals surface area contributed by atoms with Crippen LogP contribution in [0, 0.1) is 0 Å². The predicted octanol–water partition coefficient (Wildman–Crippen LogP) is 4.14. The average Bonchev–Trinajstić information content (AvgIpc) is 3.05. The van der Waals surface area contributed by atoms with E-state index >= 15 is 0 Å². The summed E-state index contributed by atoms with van der Waals surface area (Å²) in [6.45, 7) is 0.376. The number of benzene rings is 1. The molecule has 0 bridgehead atoms. The molecular formula is C17H15F6N5. The molecule has 2 heterocycles. The molecule has 3 rings (SSSR count). The molecule has 1 aliphatic heterocycles. The Labute approximate surface area is 156 Å². The van der Waals surface area contributed by atoms with E-state index in [1.807, 2.05) is 7.05 Å². The maximum absolute atomic E-state index is 12.9. The SMILES string of the molecule is CN1CC(c2cnc(NCc3cc(C(F)(F)F)cc(C(F)(F)F)c3)nc2)C=N1. The molecule has 1 atom stereocenters. The van der Waals surface area contributed by atoms with Crippen molar-refractivity contribution in [2.75, 3.05) is 18.9 Å². The van der Waals surface area contributed by atoms with E-state index in [1.54, 1.807) is 23.6 Å². The lowest BCUT2D eigenvalue weighted by molar-refractivity contribution is -0.143. The summed E-state index contributed by atoms with van der Waals surface area (Å²) in [4.78, 5) is 8.12. The Hall–Kier alpha value is -2.85. The second-order valence-electron chi connectivity index (χ2n) is 6.32. The maximum atomic E-state index is 12.9. The highest BCUT2D eigenvalue weighted by Gasteiger charge is 2.36. The van der Waals surface area contributed by atoms with Gasteiger partial charge in [-0.3, -0.25) is 5.01 Å². The highest BCUT2D eigenvalue weighted by molar-refractivity contribution is 5.69. The summed E-state index contributed by atoms with van der Waals surface area (Å²) in [6.07, 6.45) is -4.95. The zero-order valence-electron chi connectivity index (χ0n) is 14.5. The van der Waals surface area contributed by atoms with Gasteiger partial charge in [-0.1, -0.05) is 0 Å². The van der Waals surface area contributed by atoms with Gasteiger partial charge in [-0.25, -0.2) is 9.97 Å². The Bertz CT molecular complexity index is 828. The summed E-state index contributed by atoms with van der Waals surface area (Å²) in [6, 6.07) is 1.43. The van der Waals surface area contributed by atoms with Gasteiger partial charge in [0.15, 0.2) is 0 Å². The van der Waals surface area contributed by atoms with Crippen LogP contribution in [0.15, 0.2) is 35.7 Å². The van der Waals surface area contributed by atoms with Gasteiger partial charge >= 0.3 is 12.4 Å². The fraction of sp³-hybridized carbons (Fsp3) is 0.353. The molecule has 1 N–H and O–H groups in total. The first-order valence-electron chi connectivity index (χ1n) is 8.12. The molecule has 0 saturated carbocycles. The fourth-order valence-electron chi connectivity index (χ4n) is 2.69. The van der Waals surface area contributed by atoms with Crippen LogP contribution in [-0.4, -0.2) is 34.8 Å². The average molecular weight is 403 g/mol. The van der Waals surface area contributed by atoms with Crippen molar-refractivity contribution in [2.24, 2.45) is 5.10 Å². The van der Waals surface area contributed by atoms with E-state index in [2.05, 4.69) is 20.4 Å². The maximum Gasteiger partial charge on any atom is 0.416 e. The van der Waals surface area contributed by atoms with Crippen molar-refractivity contribution in [3.05, 3.63) is 52.8 Å². The monoisotopic (exact) mass is 403 g/mol. The van der Waals surface area contributed by atoms with E-state index in [1.165, 1.54) is 0 Å². The predicted molar refractivity (Wildman–Crippen MR) is 89.7 cm³/mol. The molecule has 1 unspecified atom stereocenters. The van der Waals surface area contributed by atoms with Gasteiger partial charge in [0.05, 0.1) is 11.1 Å². The van der Waals surface area contributed by atoms with Crippen LogP contribution in [0.25, 0.3) is 0 Å². The standard InChI is InChI=1S/C17H15F6N5/c1-28-9-12(8-27-28)11-6-25-15(26-7-11)24-5-10-2-13(16(18,19)20)4-14(3-10)17(21,22)23/h2-4,6-8,12H,5,9H2,1H3,(H,24,25,26). The Balaban J connectivity index is 1.74. The summed E-state index contributed by atoms with van der Waals surface area (Å²) < 4.78 is 77.4. The van der Waals surface area contributed by atoms with Crippen LogP contribution in [0.3, 0.4) is 0 Å². The minimum absolute atomic E-state index is 0.0249. The molecule has 5 nitrogen and oxygen atoms in total. The molecule has 2 aromatic rings. The number of halogens is 6. The molecule has 0 fully saturated rings. The molecule has 0 radical (unpaired) electrons. The van der Waals surface area contributed by atoms with Crippen LogP contribution in [0.5, 0.6) is 0 Å². The van der Waals surface area contributed by atoms with Gasteiger partial charge in [0.1, 0.15) is 0 Å². The van der Waals surface area contributed by atoms with E-state index in [4.69, 9.17) is 0 Å². The Morgan fingerprint density at radius 1 is 1.00 bits per heavy atom. The third-order valence-electron chi connectivity index (χ3n) is 4.10. The first-order chi connectivity index (χ1) is 13.0. The summed E-state index contributed by atoms with van der Waals surface area (Å²) in [5.41, 5.74) is -2.10. The molecule has 0 aliphatic carbocycles. The van der Waals surface area contributed by atoms with Gasteiger partial charge in [-0.05, 0) is 29.3 Å². The number of nitrogens with zero attached hydrogens (tertiary/aromatic N) is 4. The van der Waals surface area contributed by atoms with Gasteiger partial charge in [-0.15, -0.1) is 0 Å². The van der Waals surface area contributed by atoms with Crippen LogP contribution in [0.1, 0.15) is 28.2 Å². The highest BCUT2D eigenvalue weighted by Crippen LogP contribution is 2.36. The summed E-state index contributed by atoms with van der Waals surface area (Å²) >= 11 is 0. The number of rotatable bonds is 4. The van der Waals surface area contributed by atoms with E-state index < -0.39 is 23.5 Å². The second kappa shape index (κ2) is 7.28. The van der Waals surface area contributed by atoms with E-state index in [-0.39, 0.29) is 30.0 Å². The molecule has 1 aromatic carbocycles. The second-order valence-corrected chi connectivity index (χ2v) is 6.32. The minimum atomic E-state index is -4.88. The molecule has 0 amide bonds. The lowest BCUT2D eigenvalue weighted by atomic mass is 10.0. The normalized spacial score (nSPS) is 17.2. The largest absolute Gasteiger partial charge is 0.416 e. The molecule has 1 aliphatic rings. The van der Waals surface area contributed by atoms with Gasteiger partial charge in [-0.2, -0.15) is 31.4 Å². The van der Waals surface area contributed by atoms with Crippen LogP contribution < -0.4 is 5.32 Å². The first kappa shape index (κ1) is 19.9. The minimum Gasteiger partial charge on any atom is -0.350 e. The molecule has 0 saturated heterocycles. The zero-order valence-corrected chi connectivity index (χ0v) is 14.5. The molecule has 150 valence electrons. The van der Waals surface area contributed by atoms with E-state index in [0.29, 0.717) is 18.7 Å². The van der Waals surface area contributed by atoms with Crippen molar-refractivity contribution < 1.29 is 26.3 Å². The van der Waals surface area contributed by atoms with Crippen molar-refractivity contribution in [3.8, 4) is 0 Å². The zero-order chi connectivity index (χ0) is 20.5. The Morgan fingerprint density at radius 3 is 2.04 bits per heavy atom. The smallest absolute Gasteiger partial charge is 0.350 e. The summed E-state index contributed by atoms with van der Waals surface area (Å²) in [7, 11) is 1.82. The van der Waals surface area contributed by atoms with Gasteiger partial charge in [0.25, 0.3) is 0 Å². The number of alkyl halides is 6. The summed E-state index contributed by atoms with van der Waals surface area (Å²) in [5.74, 6) is 0.120. The van der Waals surface area contributed by atoms with E-state index in [0.717, 1.165) is 5.56 Å². The van der Waals surface area contributed by atoms with Crippen LogP contribution >= 0.6 is 0 Å². The van der Waals surface area contributed by atoms with Crippen LogP contribution in [0.4, 0.5) is 32.3 Å². The first-order valence-corrected chi connectivity index (χ1v) is 8.12. The molecule has 1 aromatic heterocycles. The van der Waals surface area contributed by atoms with Gasteiger partial charge in [0, 0.05) is 44.7 Å². The lowest BCUT2D eigenvalue weighted by Gasteiger charge is -2.15. The Morgan fingerprint density at radius 2 is 1.57 bits per heavy atom. The van der Waals surface area contributed by atoms with Crippen molar-refractivity contribution in [3.63, 3.8) is 0 Å². The fourth-order valence-corrected chi connectivity index (χ4v) is 2.69. The van der Waals surface area contributed by atoms with Crippen LogP contribution in [0.2, 0.25) is 0 Å². The summed E-state index contributed by atoms with van der Waals surface area (Å²) in [5, 5.41) is 8.50. The van der Waals surface area contributed by atoms with Crippen LogP contribution in [-0.2, 0) is 18.9 Å². The third kappa shape index (κ3) is 4.70. The van der Waals surface area contributed by atoms with Gasteiger partial charge in [0.2, 0.25) is 5.95 Å². The molecular weight excluding hydrogens is 388 g/mol. The molecule has 11 heteroatoms. The van der Waals surface area contributed by atoms with Crippen molar-refractivity contribution in [1.29, 1.82) is 0 Å². The number of hydrazone groups is 1. The van der Waals surface area contributed by atoms with Crippen molar-refractivity contribution in [2.45, 2.75) is 24.8 Å². The number of hydrogen-bond acceptors (Lipinski definition) is 5. The number of likely N-dealkylation sites (N-methyl/N-ethyl adjacent to an activating group) is 1.